The van der Waals surface area contributed by atoms with Crippen LogP contribution in [0.25, 0.3) is 0 Å². The molecular formula is C33H46BrN3O6. The Morgan fingerprint density at radius 2 is 1.81 bits per heavy atom. The van der Waals surface area contributed by atoms with E-state index in [1.807, 2.05) is 53.7 Å². The van der Waals surface area contributed by atoms with Crippen LogP contribution in [-0.2, 0) is 19.1 Å². The number of aliphatic hydroxyl groups is 1. The maximum absolute atomic E-state index is 14.6. The van der Waals surface area contributed by atoms with Gasteiger partial charge in [0.2, 0.25) is 17.7 Å². The number of carbonyl (C=O) groups is 3. The highest BCUT2D eigenvalue weighted by molar-refractivity contribution is 9.09. The summed E-state index contributed by atoms with van der Waals surface area (Å²) < 4.78 is 12.3. The molecule has 3 aliphatic heterocycles. The van der Waals surface area contributed by atoms with E-state index in [9.17, 15) is 19.5 Å². The van der Waals surface area contributed by atoms with Crippen LogP contribution in [0.3, 0.4) is 0 Å². The van der Waals surface area contributed by atoms with Gasteiger partial charge in [0.15, 0.2) is 0 Å². The Hall–Kier alpha value is -2.69. The van der Waals surface area contributed by atoms with E-state index in [4.69, 9.17) is 9.47 Å². The second-order valence-corrected chi connectivity index (χ2v) is 14.2. The van der Waals surface area contributed by atoms with E-state index < -0.39 is 41.2 Å². The maximum atomic E-state index is 14.6. The van der Waals surface area contributed by atoms with E-state index in [0.29, 0.717) is 24.5 Å². The summed E-state index contributed by atoms with van der Waals surface area (Å²) in [6.45, 7) is 20.0. The molecule has 4 rings (SSSR count). The van der Waals surface area contributed by atoms with Crippen LogP contribution in [0.1, 0.15) is 48.0 Å². The van der Waals surface area contributed by atoms with Crippen molar-refractivity contribution in [3.8, 4) is 5.75 Å². The smallest absolute Gasteiger partial charge is 0.249 e. The van der Waals surface area contributed by atoms with Crippen molar-refractivity contribution in [1.29, 1.82) is 0 Å². The van der Waals surface area contributed by atoms with Gasteiger partial charge < -0.3 is 29.3 Å². The third-order valence-electron chi connectivity index (χ3n) is 8.98. The van der Waals surface area contributed by atoms with E-state index >= 15 is 0 Å². The molecule has 1 aromatic carbocycles. The number of likely N-dealkylation sites (tertiary alicyclic amines) is 1. The molecule has 0 aliphatic carbocycles. The van der Waals surface area contributed by atoms with Crippen LogP contribution in [0.4, 0.5) is 5.69 Å². The molecular weight excluding hydrogens is 614 g/mol. The third-order valence-corrected chi connectivity index (χ3v) is 9.83. The number of alkyl halides is 1. The van der Waals surface area contributed by atoms with Gasteiger partial charge in [0.05, 0.1) is 37.2 Å². The molecule has 1 aromatic rings. The van der Waals surface area contributed by atoms with Crippen molar-refractivity contribution < 1.29 is 29.0 Å². The second-order valence-electron chi connectivity index (χ2n) is 13.0. The first-order valence-electron chi connectivity index (χ1n) is 15.1. The van der Waals surface area contributed by atoms with Gasteiger partial charge in [-0.15, -0.1) is 13.2 Å². The average Bonchev–Trinajstić information content (AvgIpc) is 3.53. The summed E-state index contributed by atoms with van der Waals surface area (Å²) in [6, 6.07) is 5.60. The van der Waals surface area contributed by atoms with Gasteiger partial charge in [-0.1, -0.05) is 41.9 Å². The molecule has 0 saturated carbocycles. The number of nitrogens with zero attached hydrogens (tertiary/aromatic N) is 3. The van der Waals surface area contributed by atoms with E-state index in [1.54, 1.807) is 34.1 Å². The van der Waals surface area contributed by atoms with Crippen LogP contribution in [0.15, 0.2) is 49.6 Å². The standard InChI is InChI=1S/C33H46BrN3O6/c1-9-16-35(21-12-14-22(15-13-21)42-11-3)29(39)25-26-30(40)37(24(19-38)20(4)5)28(33(26)18-23(34)27(25)43-33)31(41)36(17-10-2)32(6,7)8/h9-10,12-15,20,23-28,38H,1-2,11,16-19H2,3-8H3/t23?,24-,25-,26-,27-,28?,33?/m0/s1. The topological polar surface area (TPSA) is 99.6 Å². The van der Waals surface area contributed by atoms with E-state index in [0.717, 1.165) is 0 Å². The van der Waals surface area contributed by atoms with Gasteiger partial charge in [0.1, 0.15) is 17.4 Å². The Morgan fingerprint density at radius 1 is 1.19 bits per heavy atom. The number of hydrogen-bond acceptors (Lipinski definition) is 6. The Kier molecular flexibility index (Phi) is 9.83. The molecule has 10 heteroatoms. The minimum Gasteiger partial charge on any atom is -0.494 e. The Morgan fingerprint density at radius 3 is 2.33 bits per heavy atom. The lowest BCUT2D eigenvalue weighted by atomic mass is 9.70. The maximum Gasteiger partial charge on any atom is 0.249 e. The Balaban J connectivity index is 1.83. The Labute approximate surface area is 264 Å². The fourth-order valence-electron chi connectivity index (χ4n) is 7.10. The zero-order chi connectivity index (χ0) is 31.9. The minimum atomic E-state index is -1.24. The number of anilines is 1. The number of halogens is 1. The first-order valence-corrected chi connectivity index (χ1v) is 16.0. The number of rotatable bonds is 12. The number of amides is 3. The van der Waals surface area contributed by atoms with Gasteiger partial charge in [-0.3, -0.25) is 14.4 Å². The van der Waals surface area contributed by atoms with Gasteiger partial charge in [-0.25, -0.2) is 0 Å². The average molecular weight is 661 g/mol. The first-order chi connectivity index (χ1) is 20.3. The SMILES string of the molecule is C=CCN(C(=O)[C@H]1[C@H]2C(=O)N([C@@H](CO)C(C)C)C(C(=O)N(CC=C)C(C)(C)C)C23CC(Br)[C@@H]1O3)c1ccc(OCC)cc1. The fraction of sp³-hybridized carbons (Fsp3) is 0.606. The molecule has 0 aromatic heterocycles. The van der Waals surface area contributed by atoms with Crippen LogP contribution in [-0.4, -0.2) is 93.1 Å². The lowest BCUT2D eigenvalue weighted by molar-refractivity contribution is -0.155. The molecule has 3 amide bonds. The van der Waals surface area contributed by atoms with Crippen LogP contribution in [0, 0.1) is 17.8 Å². The zero-order valence-electron chi connectivity index (χ0n) is 26.2. The number of aliphatic hydroxyl groups excluding tert-OH is 1. The lowest BCUT2D eigenvalue weighted by Crippen LogP contribution is -2.62. The molecule has 236 valence electrons. The summed E-state index contributed by atoms with van der Waals surface area (Å²) in [4.78, 5) is 48.4. The quantitative estimate of drug-likeness (QED) is 0.267. The summed E-state index contributed by atoms with van der Waals surface area (Å²) in [5.41, 5.74) is -1.17. The highest BCUT2D eigenvalue weighted by atomic mass is 79.9. The number of hydrogen-bond donors (Lipinski definition) is 1. The second kappa shape index (κ2) is 12.7. The minimum absolute atomic E-state index is 0.144. The van der Waals surface area contributed by atoms with Crippen LogP contribution in [0.5, 0.6) is 5.75 Å². The molecule has 1 spiro atoms. The summed E-state index contributed by atoms with van der Waals surface area (Å²) in [6.07, 6.45) is 3.10. The van der Waals surface area contributed by atoms with Crippen molar-refractivity contribution in [1.82, 2.24) is 9.80 Å². The number of ether oxygens (including phenoxy) is 2. The van der Waals surface area contributed by atoms with Gasteiger partial charge in [0, 0.05) is 29.1 Å². The van der Waals surface area contributed by atoms with E-state index in [1.165, 1.54) is 4.90 Å². The van der Waals surface area contributed by atoms with Gasteiger partial charge in [-0.05, 0) is 64.3 Å². The predicted octanol–water partition coefficient (Wildman–Crippen LogP) is 4.18. The predicted molar refractivity (Wildman–Crippen MR) is 170 cm³/mol. The molecule has 3 fully saturated rings. The van der Waals surface area contributed by atoms with Crippen LogP contribution < -0.4 is 9.64 Å². The number of fused-ring (bicyclic) bond motifs is 1. The molecule has 1 N–H and O–H groups in total. The molecule has 3 heterocycles. The molecule has 3 aliphatic rings. The largest absolute Gasteiger partial charge is 0.494 e. The summed E-state index contributed by atoms with van der Waals surface area (Å²) >= 11 is 3.76. The fourth-order valence-corrected chi connectivity index (χ4v) is 8.04. The molecule has 9 nitrogen and oxygen atoms in total. The van der Waals surface area contributed by atoms with Crippen molar-refractivity contribution in [2.45, 2.75) is 82.1 Å². The van der Waals surface area contributed by atoms with Gasteiger partial charge >= 0.3 is 0 Å². The van der Waals surface area contributed by atoms with Crippen molar-refractivity contribution >= 4 is 39.3 Å². The first kappa shape index (κ1) is 33.2. The molecule has 3 saturated heterocycles. The highest BCUT2D eigenvalue weighted by Crippen LogP contribution is 2.61. The van der Waals surface area contributed by atoms with E-state index in [2.05, 4.69) is 29.1 Å². The highest BCUT2D eigenvalue weighted by Gasteiger charge is 2.77. The van der Waals surface area contributed by atoms with Crippen molar-refractivity contribution in [3.05, 3.63) is 49.6 Å². The van der Waals surface area contributed by atoms with Gasteiger partial charge in [0.25, 0.3) is 0 Å². The van der Waals surface area contributed by atoms with E-state index in [-0.39, 0.29) is 48.2 Å². The molecule has 43 heavy (non-hydrogen) atoms. The van der Waals surface area contributed by atoms with Crippen molar-refractivity contribution in [2.24, 2.45) is 17.8 Å². The monoisotopic (exact) mass is 659 g/mol. The summed E-state index contributed by atoms with van der Waals surface area (Å²) in [7, 11) is 0. The lowest BCUT2D eigenvalue weighted by Gasteiger charge is -2.44. The molecule has 2 bridgehead atoms. The number of carbonyl (C=O) groups excluding carboxylic acids is 3. The van der Waals surface area contributed by atoms with Crippen molar-refractivity contribution in [2.75, 3.05) is 31.2 Å². The molecule has 3 unspecified atom stereocenters. The summed E-state index contributed by atoms with van der Waals surface area (Å²) in [5.74, 6) is -2.05. The summed E-state index contributed by atoms with van der Waals surface area (Å²) in [5, 5.41) is 10.5. The molecule has 0 radical (unpaired) electrons. The van der Waals surface area contributed by atoms with Crippen LogP contribution in [0.2, 0.25) is 0 Å². The van der Waals surface area contributed by atoms with Gasteiger partial charge in [-0.2, -0.15) is 0 Å². The van der Waals surface area contributed by atoms with Crippen LogP contribution >= 0.6 is 15.9 Å². The Bertz CT molecular complexity index is 1230. The molecule has 7 atom stereocenters. The zero-order valence-corrected chi connectivity index (χ0v) is 27.7. The number of benzene rings is 1. The normalized spacial score (nSPS) is 28.5. The third kappa shape index (κ3) is 5.66. The van der Waals surface area contributed by atoms with Crippen molar-refractivity contribution in [3.63, 3.8) is 0 Å².